The zero-order chi connectivity index (χ0) is 16.0. The van der Waals surface area contributed by atoms with Crippen LogP contribution in [0.4, 0.5) is 11.5 Å². The number of nitrogens with zero attached hydrogens (tertiary/aromatic N) is 4. The molecular formula is C13H17N5O3. The molecule has 112 valence electrons. The molecule has 1 aromatic rings. The van der Waals surface area contributed by atoms with E-state index in [1.54, 1.807) is 20.9 Å². The van der Waals surface area contributed by atoms with Gasteiger partial charge in [-0.2, -0.15) is 5.26 Å². The molecule has 1 atom stereocenters. The van der Waals surface area contributed by atoms with Gasteiger partial charge in [0.05, 0.1) is 16.9 Å². The van der Waals surface area contributed by atoms with Crippen LogP contribution in [0.15, 0.2) is 12.3 Å². The maximum Gasteiger partial charge on any atom is 0.300 e. The van der Waals surface area contributed by atoms with Crippen molar-refractivity contribution in [1.82, 2.24) is 9.88 Å². The highest BCUT2D eigenvalue weighted by Gasteiger charge is 2.26. The van der Waals surface area contributed by atoms with E-state index in [4.69, 9.17) is 5.26 Å². The van der Waals surface area contributed by atoms with E-state index >= 15 is 0 Å². The van der Waals surface area contributed by atoms with Gasteiger partial charge in [-0.05, 0) is 13.8 Å². The van der Waals surface area contributed by atoms with Gasteiger partial charge in [0.25, 0.3) is 11.6 Å². The third-order valence-electron chi connectivity index (χ3n) is 2.95. The lowest BCUT2D eigenvalue weighted by molar-refractivity contribution is -0.385. The number of nitrogens with one attached hydrogen (secondary N) is 1. The molecule has 0 fully saturated rings. The van der Waals surface area contributed by atoms with Crippen LogP contribution < -0.4 is 5.32 Å². The Bertz CT molecular complexity index is 582. The summed E-state index contributed by atoms with van der Waals surface area (Å²) in [5, 5.41) is 22.6. The van der Waals surface area contributed by atoms with Crippen molar-refractivity contribution >= 4 is 17.4 Å². The van der Waals surface area contributed by atoms with Gasteiger partial charge in [0.2, 0.25) is 0 Å². The van der Waals surface area contributed by atoms with Crippen LogP contribution >= 0.6 is 0 Å². The fourth-order valence-electron chi connectivity index (χ4n) is 1.80. The molecule has 1 amide bonds. The predicted molar refractivity (Wildman–Crippen MR) is 76.8 cm³/mol. The van der Waals surface area contributed by atoms with Crippen molar-refractivity contribution in [3.8, 4) is 6.07 Å². The van der Waals surface area contributed by atoms with Crippen molar-refractivity contribution in [2.45, 2.75) is 13.8 Å². The molecule has 0 radical (unpaired) electrons. The quantitative estimate of drug-likeness (QED) is 0.630. The van der Waals surface area contributed by atoms with Crippen LogP contribution in [0, 0.1) is 27.4 Å². The van der Waals surface area contributed by atoms with Crippen molar-refractivity contribution < 1.29 is 9.72 Å². The zero-order valence-corrected chi connectivity index (χ0v) is 12.2. The first kappa shape index (κ1) is 16.4. The van der Waals surface area contributed by atoms with Crippen molar-refractivity contribution in [2.75, 3.05) is 25.5 Å². The normalized spacial score (nSPS) is 11.3. The highest BCUT2D eigenvalue weighted by atomic mass is 16.6. The number of hydrogen-bond acceptors (Lipinski definition) is 6. The first-order chi connectivity index (χ1) is 9.94. The third kappa shape index (κ3) is 3.89. The van der Waals surface area contributed by atoms with Crippen LogP contribution in [0.5, 0.6) is 0 Å². The monoisotopic (exact) mass is 291 g/mol. The summed E-state index contributed by atoms with van der Waals surface area (Å²) < 4.78 is 0. The van der Waals surface area contributed by atoms with E-state index in [1.165, 1.54) is 11.0 Å². The fourth-order valence-corrected chi connectivity index (χ4v) is 1.80. The number of carbonyl (C=O) groups excluding carboxylic acids is 1. The van der Waals surface area contributed by atoms with E-state index in [-0.39, 0.29) is 23.7 Å². The number of pyridine rings is 1. The molecule has 0 spiro atoms. The van der Waals surface area contributed by atoms with Crippen molar-refractivity contribution in [2.24, 2.45) is 5.92 Å². The van der Waals surface area contributed by atoms with Gasteiger partial charge >= 0.3 is 0 Å². The highest BCUT2D eigenvalue weighted by molar-refractivity contribution is 5.98. The van der Waals surface area contributed by atoms with Gasteiger partial charge in [0, 0.05) is 26.2 Å². The zero-order valence-electron chi connectivity index (χ0n) is 12.2. The number of rotatable bonds is 6. The molecule has 0 saturated carbocycles. The average Bonchev–Trinajstić information content (AvgIpc) is 2.50. The van der Waals surface area contributed by atoms with Gasteiger partial charge in [-0.3, -0.25) is 14.9 Å². The van der Waals surface area contributed by atoms with E-state index in [0.717, 1.165) is 6.20 Å². The molecule has 1 unspecified atom stereocenters. The third-order valence-corrected chi connectivity index (χ3v) is 2.95. The van der Waals surface area contributed by atoms with Gasteiger partial charge in [0.1, 0.15) is 17.6 Å². The van der Waals surface area contributed by atoms with Gasteiger partial charge in [0.15, 0.2) is 0 Å². The summed E-state index contributed by atoms with van der Waals surface area (Å²) in [5.41, 5.74) is -0.381. The second kappa shape index (κ2) is 7.19. The van der Waals surface area contributed by atoms with Crippen molar-refractivity contribution in [1.29, 1.82) is 5.26 Å². The van der Waals surface area contributed by atoms with Crippen LogP contribution in [-0.4, -0.2) is 40.9 Å². The first-order valence-corrected chi connectivity index (χ1v) is 6.45. The number of carbonyl (C=O) groups is 1. The Labute approximate surface area is 122 Å². The maximum absolute atomic E-state index is 12.5. The van der Waals surface area contributed by atoms with Crippen molar-refractivity contribution in [3.05, 3.63) is 27.9 Å². The summed E-state index contributed by atoms with van der Waals surface area (Å²) in [6.45, 7) is 4.03. The molecule has 0 aromatic carbocycles. The first-order valence-electron chi connectivity index (χ1n) is 6.45. The number of nitro groups is 1. The Hall–Kier alpha value is -2.69. The Balaban J connectivity index is 3.20. The lowest BCUT2D eigenvalue weighted by Crippen LogP contribution is -2.34. The number of hydrogen-bond donors (Lipinski definition) is 1. The highest BCUT2D eigenvalue weighted by Crippen LogP contribution is 2.22. The van der Waals surface area contributed by atoms with E-state index in [2.05, 4.69) is 10.3 Å². The number of anilines is 1. The second-order valence-electron chi connectivity index (χ2n) is 4.47. The Kier molecular flexibility index (Phi) is 5.60. The van der Waals surface area contributed by atoms with E-state index in [1.807, 2.05) is 6.07 Å². The molecule has 1 N–H and O–H groups in total. The summed E-state index contributed by atoms with van der Waals surface area (Å²) in [5.74, 6) is -0.461. The lowest BCUT2D eigenvalue weighted by Gasteiger charge is -2.22. The summed E-state index contributed by atoms with van der Waals surface area (Å²) in [6, 6.07) is 3.39. The molecule has 1 rings (SSSR count). The Morgan fingerprint density at radius 1 is 1.67 bits per heavy atom. The largest absolute Gasteiger partial charge is 0.373 e. The van der Waals surface area contributed by atoms with Crippen LogP contribution in [0.2, 0.25) is 0 Å². The van der Waals surface area contributed by atoms with E-state index < -0.39 is 10.8 Å². The fraction of sp³-hybridized carbons (Fsp3) is 0.462. The lowest BCUT2D eigenvalue weighted by atomic mass is 10.1. The molecular weight excluding hydrogens is 274 g/mol. The molecule has 21 heavy (non-hydrogen) atoms. The van der Waals surface area contributed by atoms with Gasteiger partial charge in [-0.15, -0.1) is 0 Å². The molecule has 0 saturated heterocycles. The minimum absolute atomic E-state index is 0.0358. The number of nitriles is 1. The van der Waals surface area contributed by atoms with Gasteiger partial charge < -0.3 is 10.2 Å². The standard InChI is InChI=1S/C13H17N5O3/c1-4-17(8-9(2)6-14)13(19)10-5-12(15-3)16-7-11(10)18(20)21/h5,7,9H,4,8H2,1-3H3,(H,15,16). The van der Waals surface area contributed by atoms with Gasteiger partial charge in [-0.1, -0.05) is 0 Å². The SMILES string of the molecule is CCN(CC(C)C#N)C(=O)c1cc(NC)ncc1[N+](=O)[O-]. The molecule has 8 nitrogen and oxygen atoms in total. The van der Waals surface area contributed by atoms with Crippen LogP contribution in [0.3, 0.4) is 0 Å². The topological polar surface area (TPSA) is 112 Å². The van der Waals surface area contributed by atoms with Crippen molar-refractivity contribution in [3.63, 3.8) is 0 Å². The molecule has 1 heterocycles. The summed E-state index contributed by atoms with van der Waals surface area (Å²) in [6.07, 6.45) is 1.06. The summed E-state index contributed by atoms with van der Waals surface area (Å²) >= 11 is 0. The van der Waals surface area contributed by atoms with Crippen LogP contribution in [0.25, 0.3) is 0 Å². The van der Waals surface area contributed by atoms with Gasteiger partial charge in [-0.25, -0.2) is 4.98 Å². The summed E-state index contributed by atoms with van der Waals surface area (Å²) in [7, 11) is 1.61. The maximum atomic E-state index is 12.5. The molecule has 0 aliphatic rings. The Morgan fingerprint density at radius 3 is 2.81 bits per heavy atom. The van der Waals surface area contributed by atoms with E-state index in [9.17, 15) is 14.9 Å². The number of amides is 1. The molecule has 8 heteroatoms. The average molecular weight is 291 g/mol. The molecule has 0 aliphatic carbocycles. The predicted octanol–water partition coefficient (Wildman–Crippen LogP) is 1.65. The molecule has 0 bridgehead atoms. The Morgan fingerprint density at radius 2 is 2.33 bits per heavy atom. The molecule has 0 aliphatic heterocycles. The van der Waals surface area contributed by atoms with Crippen LogP contribution in [0.1, 0.15) is 24.2 Å². The van der Waals surface area contributed by atoms with E-state index in [0.29, 0.717) is 12.4 Å². The molecule has 1 aromatic heterocycles. The summed E-state index contributed by atoms with van der Waals surface area (Å²) in [4.78, 5) is 28.1. The minimum atomic E-state index is -0.638. The number of aromatic nitrogens is 1. The minimum Gasteiger partial charge on any atom is -0.373 e. The smallest absolute Gasteiger partial charge is 0.300 e. The van der Waals surface area contributed by atoms with Crippen LogP contribution in [-0.2, 0) is 0 Å². The second-order valence-corrected chi connectivity index (χ2v) is 4.47.